The molecule has 1 amide bonds. The van der Waals surface area contributed by atoms with E-state index in [1.807, 2.05) is 31.2 Å². The first kappa shape index (κ1) is 19.7. The van der Waals surface area contributed by atoms with Crippen molar-refractivity contribution in [1.29, 1.82) is 0 Å². The predicted octanol–water partition coefficient (Wildman–Crippen LogP) is 3.25. The molecule has 152 valence electrons. The quantitative estimate of drug-likeness (QED) is 0.514. The van der Waals surface area contributed by atoms with Crippen LogP contribution in [0.15, 0.2) is 65.7 Å². The lowest BCUT2D eigenvalue weighted by atomic mass is 10.1. The van der Waals surface area contributed by atoms with Gasteiger partial charge in [-0.25, -0.2) is 9.20 Å². The third-order valence-electron chi connectivity index (χ3n) is 4.35. The zero-order chi connectivity index (χ0) is 21.1. The van der Waals surface area contributed by atoms with Gasteiger partial charge in [0.15, 0.2) is 0 Å². The summed E-state index contributed by atoms with van der Waals surface area (Å²) in [5.74, 6) is 0.377. The lowest BCUT2D eigenvalue weighted by Crippen LogP contribution is -2.30. The van der Waals surface area contributed by atoms with Gasteiger partial charge in [-0.15, -0.1) is 0 Å². The highest BCUT2D eigenvalue weighted by Crippen LogP contribution is 2.21. The number of fused-ring (bicyclic) bond motifs is 1. The summed E-state index contributed by atoms with van der Waals surface area (Å²) in [5, 5.41) is 11.7. The highest BCUT2D eigenvalue weighted by molar-refractivity contribution is 6.30. The van der Waals surface area contributed by atoms with E-state index >= 15 is 0 Å². The molecule has 0 saturated carbocycles. The van der Waals surface area contributed by atoms with Gasteiger partial charge in [-0.05, 0) is 55.5 Å². The van der Waals surface area contributed by atoms with E-state index in [1.165, 1.54) is 10.8 Å². The molecule has 9 heteroatoms. The Morgan fingerprint density at radius 3 is 2.70 bits per heavy atom. The number of anilines is 1. The number of nitrogens with one attached hydrogen (secondary N) is 1. The normalized spacial score (nSPS) is 10.9. The van der Waals surface area contributed by atoms with E-state index in [0.29, 0.717) is 28.5 Å². The third kappa shape index (κ3) is 4.18. The molecule has 0 aliphatic rings. The molecule has 0 unspecified atom stereocenters. The highest BCUT2D eigenvalue weighted by Gasteiger charge is 2.13. The second kappa shape index (κ2) is 8.38. The lowest BCUT2D eigenvalue weighted by molar-refractivity contribution is -0.117. The van der Waals surface area contributed by atoms with Gasteiger partial charge in [-0.3, -0.25) is 9.59 Å². The van der Waals surface area contributed by atoms with Crippen LogP contribution >= 0.6 is 11.6 Å². The van der Waals surface area contributed by atoms with Gasteiger partial charge in [0, 0.05) is 16.3 Å². The number of ether oxygens (including phenoxy) is 1. The first-order valence-corrected chi connectivity index (χ1v) is 9.65. The standard InChI is InChI=1S/C21H18ClN5O3/c1-2-30-17-8-6-14(7-9-17)18-11-19-21(29)26(23-13-27(19)25-18)12-20(28)24-16-5-3-4-15(22)10-16/h3-11,13H,2,12H2,1H3,(H,24,28). The maximum atomic E-state index is 12.8. The fourth-order valence-corrected chi connectivity index (χ4v) is 3.17. The van der Waals surface area contributed by atoms with Gasteiger partial charge in [0.25, 0.3) is 5.56 Å². The van der Waals surface area contributed by atoms with Crippen LogP contribution in [-0.4, -0.2) is 31.9 Å². The minimum Gasteiger partial charge on any atom is -0.494 e. The molecule has 0 bridgehead atoms. The number of rotatable bonds is 6. The molecule has 0 aliphatic carbocycles. The monoisotopic (exact) mass is 423 g/mol. The van der Waals surface area contributed by atoms with Crippen molar-refractivity contribution in [3.05, 3.63) is 76.3 Å². The molecule has 30 heavy (non-hydrogen) atoms. The molecule has 4 rings (SSSR count). The molecule has 0 atom stereocenters. The van der Waals surface area contributed by atoms with Crippen molar-refractivity contribution in [2.24, 2.45) is 0 Å². The number of aromatic nitrogens is 4. The summed E-state index contributed by atoms with van der Waals surface area (Å²) in [6.07, 6.45) is 1.40. The molecule has 4 aromatic rings. The second-order valence-corrected chi connectivity index (χ2v) is 6.91. The number of nitrogens with zero attached hydrogens (tertiary/aromatic N) is 4. The summed E-state index contributed by atoms with van der Waals surface area (Å²) in [4.78, 5) is 25.1. The minimum absolute atomic E-state index is 0.231. The molecule has 2 aromatic carbocycles. The third-order valence-corrected chi connectivity index (χ3v) is 4.59. The van der Waals surface area contributed by atoms with Crippen LogP contribution in [0.4, 0.5) is 5.69 Å². The van der Waals surface area contributed by atoms with Gasteiger partial charge in [-0.1, -0.05) is 17.7 Å². The Labute approximate surface area is 176 Å². The molecule has 8 nitrogen and oxygen atoms in total. The maximum absolute atomic E-state index is 12.8. The number of carbonyl (C=O) groups excluding carboxylic acids is 1. The van der Waals surface area contributed by atoms with Crippen molar-refractivity contribution >= 4 is 28.7 Å². The summed E-state index contributed by atoms with van der Waals surface area (Å²) >= 11 is 5.92. The van der Waals surface area contributed by atoms with Crippen LogP contribution < -0.4 is 15.6 Å². The Kier molecular flexibility index (Phi) is 5.49. The van der Waals surface area contributed by atoms with Crippen molar-refractivity contribution in [1.82, 2.24) is 19.4 Å². The first-order valence-electron chi connectivity index (χ1n) is 9.27. The van der Waals surface area contributed by atoms with Gasteiger partial charge in [-0.2, -0.15) is 10.2 Å². The Hall–Kier alpha value is -3.65. The Morgan fingerprint density at radius 1 is 1.17 bits per heavy atom. The molecule has 1 N–H and O–H groups in total. The average molecular weight is 424 g/mol. The van der Waals surface area contributed by atoms with Crippen LogP contribution in [0.1, 0.15) is 6.92 Å². The van der Waals surface area contributed by atoms with Crippen molar-refractivity contribution < 1.29 is 9.53 Å². The van der Waals surface area contributed by atoms with E-state index in [1.54, 1.807) is 30.3 Å². The smallest absolute Gasteiger partial charge is 0.293 e. The van der Waals surface area contributed by atoms with Crippen molar-refractivity contribution in [2.75, 3.05) is 11.9 Å². The summed E-state index contributed by atoms with van der Waals surface area (Å²) in [6.45, 7) is 2.28. The van der Waals surface area contributed by atoms with Crippen LogP contribution in [-0.2, 0) is 11.3 Å². The van der Waals surface area contributed by atoms with E-state index in [-0.39, 0.29) is 12.5 Å². The van der Waals surface area contributed by atoms with Crippen LogP contribution in [0, 0.1) is 0 Å². The van der Waals surface area contributed by atoms with Crippen molar-refractivity contribution in [3.8, 4) is 17.0 Å². The van der Waals surface area contributed by atoms with E-state index < -0.39 is 5.56 Å². The number of benzene rings is 2. The van der Waals surface area contributed by atoms with Gasteiger partial charge in [0.2, 0.25) is 5.91 Å². The summed E-state index contributed by atoms with van der Waals surface area (Å²) in [7, 11) is 0. The minimum atomic E-state index is -0.413. The summed E-state index contributed by atoms with van der Waals surface area (Å²) < 4.78 is 7.94. The number of hydrogen-bond acceptors (Lipinski definition) is 5. The number of hydrogen-bond donors (Lipinski definition) is 1. The van der Waals surface area contributed by atoms with Crippen LogP contribution in [0.2, 0.25) is 5.02 Å². The number of carbonyl (C=O) groups is 1. The molecular formula is C21H18ClN5O3. The van der Waals surface area contributed by atoms with Crippen LogP contribution in [0.5, 0.6) is 5.75 Å². The largest absolute Gasteiger partial charge is 0.494 e. The van der Waals surface area contributed by atoms with Crippen LogP contribution in [0.25, 0.3) is 16.8 Å². The Balaban J connectivity index is 1.56. The van der Waals surface area contributed by atoms with E-state index in [4.69, 9.17) is 16.3 Å². The zero-order valence-corrected chi connectivity index (χ0v) is 16.8. The Morgan fingerprint density at radius 2 is 1.97 bits per heavy atom. The van der Waals surface area contributed by atoms with Gasteiger partial charge in [0.05, 0.1) is 12.3 Å². The SMILES string of the molecule is CCOc1ccc(-c2cc3c(=O)n(CC(=O)Nc4cccc(Cl)c4)ncn3n2)cc1. The molecular weight excluding hydrogens is 406 g/mol. The highest BCUT2D eigenvalue weighted by atomic mass is 35.5. The maximum Gasteiger partial charge on any atom is 0.293 e. The topological polar surface area (TPSA) is 90.5 Å². The number of halogens is 1. The Bertz CT molecular complexity index is 1260. The van der Waals surface area contributed by atoms with Gasteiger partial charge >= 0.3 is 0 Å². The van der Waals surface area contributed by atoms with E-state index in [0.717, 1.165) is 16.0 Å². The van der Waals surface area contributed by atoms with Crippen LogP contribution in [0.3, 0.4) is 0 Å². The predicted molar refractivity (Wildman–Crippen MR) is 114 cm³/mol. The van der Waals surface area contributed by atoms with Crippen molar-refractivity contribution in [3.63, 3.8) is 0 Å². The van der Waals surface area contributed by atoms with Gasteiger partial charge in [0.1, 0.15) is 24.1 Å². The molecule has 0 radical (unpaired) electrons. The second-order valence-electron chi connectivity index (χ2n) is 6.47. The molecule has 2 heterocycles. The van der Waals surface area contributed by atoms with Crippen molar-refractivity contribution in [2.45, 2.75) is 13.5 Å². The molecule has 0 spiro atoms. The molecule has 0 saturated heterocycles. The zero-order valence-electron chi connectivity index (χ0n) is 16.1. The molecule has 0 aliphatic heterocycles. The average Bonchev–Trinajstić information content (AvgIpc) is 3.16. The molecule has 0 fully saturated rings. The van der Waals surface area contributed by atoms with Gasteiger partial charge < -0.3 is 10.1 Å². The van der Waals surface area contributed by atoms with E-state index in [9.17, 15) is 9.59 Å². The fraction of sp³-hybridized carbons (Fsp3) is 0.143. The summed E-state index contributed by atoms with van der Waals surface area (Å²) in [6, 6.07) is 15.9. The fourth-order valence-electron chi connectivity index (χ4n) is 2.98. The molecule has 2 aromatic heterocycles. The lowest BCUT2D eigenvalue weighted by Gasteiger charge is -2.07. The first-order chi connectivity index (χ1) is 14.5. The van der Waals surface area contributed by atoms with E-state index in [2.05, 4.69) is 15.5 Å². The summed E-state index contributed by atoms with van der Waals surface area (Å²) in [5.41, 5.74) is 1.92. The number of amides is 1.